The maximum Gasteiger partial charge on any atom is 0.0404 e. The van der Waals surface area contributed by atoms with Crippen LogP contribution in [0, 0.1) is 0 Å². The molecule has 1 unspecified atom stereocenters. The second-order valence-electron chi connectivity index (χ2n) is 5.37. The van der Waals surface area contributed by atoms with Crippen molar-refractivity contribution in [2.45, 2.75) is 38.8 Å². The van der Waals surface area contributed by atoms with Gasteiger partial charge in [-0.25, -0.2) is 0 Å². The Morgan fingerprint density at radius 1 is 1.27 bits per heavy atom. The average Bonchev–Trinajstić information content (AvgIpc) is 2.15. The van der Waals surface area contributed by atoms with Crippen LogP contribution in [0.5, 0.6) is 0 Å². The number of anilines is 1. The summed E-state index contributed by atoms with van der Waals surface area (Å²) >= 11 is 0. The van der Waals surface area contributed by atoms with Crippen molar-refractivity contribution in [1.82, 2.24) is 0 Å². The minimum absolute atomic E-state index is 0.147. The topological polar surface area (TPSA) is 29.3 Å². The predicted molar refractivity (Wildman–Crippen MR) is 65.2 cm³/mol. The molecule has 1 aliphatic rings. The Labute approximate surface area is 92.1 Å². The fourth-order valence-electron chi connectivity index (χ4n) is 2.26. The Morgan fingerprint density at radius 3 is 2.60 bits per heavy atom. The van der Waals surface area contributed by atoms with Gasteiger partial charge in [-0.2, -0.15) is 0 Å². The van der Waals surface area contributed by atoms with Gasteiger partial charge in [-0.3, -0.25) is 0 Å². The van der Waals surface area contributed by atoms with E-state index < -0.39 is 0 Å². The van der Waals surface area contributed by atoms with E-state index in [0.717, 1.165) is 13.0 Å². The Bertz CT molecular complexity index is 352. The van der Waals surface area contributed by atoms with Gasteiger partial charge in [0.2, 0.25) is 0 Å². The van der Waals surface area contributed by atoms with Crippen LogP contribution in [0.15, 0.2) is 24.3 Å². The van der Waals surface area contributed by atoms with Gasteiger partial charge in [0.25, 0.3) is 0 Å². The molecule has 2 rings (SSSR count). The van der Waals surface area contributed by atoms with Crippen LogP contribution in [0.1, 0.15) is 26.3 Å². The van der Waals surface area contributed by atoms with Crippen molar-refractivity contribution < 1.29 is 0 Å². The predicted octanol–water partition coefficient (Wildman–Crippen LogP) is 2.17. The molecule has 2 heteroatoms. The Kier molecular flexibility index (Phi) is 2.47. The molecule has 0 saturated carbocycles. The van der Waals surface area contributed by atoms with E-state index in [4.69, 9.17) is 5.73 Å². The first-order valence-electron chi connectivity index (χ1n) is 5.59. The number of rotatable bonds is 0. The highest BCUT2D eigenvalue weighted by Crippen LogP contribution is 2.31. The van der Waals surface area contributed by atoms with Crippen molar-refractivity contribution in [2.24, 2.45) is 5.73 Å². The van der Waals surface area contributed by atoms with Crippen molar-refractivity contribution >= 4 is 5.69 Å². The monoisotopic (exact) mass is 204 g/mol. The van der Waals surface area contributed by atoms with Gasteiger partial charge in [0.05, 0.1) is 0 Å². The number of nitrogens with two attached hydrogens (primary N) is 1. The third kappa shape index (κ3) is 2.00. The lowest BCUT2D eigenvalue weighted by molar-refractivity contribution is 0.459. The lowest BCUT2D eigenvalue weighted by atomic mass is 9.93. The van der Waals surface area contributed by atoms with E-state index in [9.17, 15) is 0 Å². The highest BCUT2D eigenvalue weighted by Gasteiger charge is 2.29. The van der Waals surface area contributed by atoms with E-state index in [-0.39, 0.29) is 11.6 Å². The number of nitrogens with zero attached hydrogens (tertiary/aromatic N) is 1. The molecule has 1 aromatic carbocycles. The van der Waals surface area contributed by atoms with Crippen LogP contribution in [-0.2, 0) is 6.42 Å². The van der Waals surface area contributed by atoms with E-state index >= 15 is 0 Å². The summed E-state index contributed by atoms with van der Waals surface area (Å²) in [6.07, 6.45) is 1.00. The summed E-state index contributed by atoms with van der Waals surface area (Å²) in [7, 11) is 0. The first-order chi connectivity index (χ1) is 6.98. The summed E-state index contributed by atoms with van der Waals surface area (Å²) in [4.78, 5) is 2.41. The molecule has 0 saturated heterocycles. The largest absolute Gasteiger partial charge is 0.365 e. The molecule has 0 amide bonds. The minimum atomic E-state index is 0.147. The summed E-state index contributed by atoms with van der Waals surface area (Å²) in [6, 6.07) is 8.85. The molecule has 1 atom stereocenters. The van der Waals surface area contributed by atoms with Gasteiger partial charge in [0.1, 0.15) is 0 Å². The zero-order valence-electron chi connectivity index (χ0n) is 9.83. The van der Waals surface area contributed by atoms with E-state index in [1.807, 2.05) is 0 Å². The number of para-hydroxylation sites is 1. The molecule has 2 N–H and O–H groups in total. The average molecular weight is 204 g/mol. The molecular formula is C13H20N2. The summed E-state index contributed by atoms with van der Waals surface area (Å²) in [5.41, 5.74) is 8.98. The second kappa shape index (κ2) is 3.53. The van der Waals surface area contributed by atoms with Crippen LogP contribution in [0.2, 0.25) is 0 Å². The van der Waals surface area contributed by atoms with Gasteiger partial charge in [-0.05, 0) is 38.8 Å². The molecular weight excluding hydrogens is 184 g/mol. The molecule has 15 heavy (non-hydrogen) atoms. The first kappa shape index (κ1) is 10.5. The van der Waals surface area contributed by atoms with Gasteiger partial charge in [-0.1, -0.05) is 18.2 Å². The summed E-state index contributed by atoms with van der Waals surface area (Å²) in [6.45, 7) is 7.67. The van der Waals surface area contributed by atoms with Crippen LogP contribution in [0.3, 0.4) is 0 Å². The molecule has 0 aliphatic carbocycles. The standard InChI is InChI=1S/C13H20N2/c1-13(2,3)15-9-11(14)8-10-6-4-5-7-12(10)15/h4-7,11H,8-9,14H2,1-3H3. The number of fused-ring (bicyclic) bond motifs is 1. The molecule has 0 bridgehead atoms. The summed E-state index contributed by atoms with van der Waals surface area (Å²) in [5.74, 6) is 0. The van der Waals surface area contributed by atoms with E-state index in [0.29, 0.717) is 0 Å². The van der Waals surface area contributed by atoms with Crippen LogP contribution in [0.25, 0.3) is 0 Å². The van der Waals surface area contributed by atoms with E-state index in [1.165, 1.54) is 11.3 Å². The minimum Gasteiger partial charge on any atom is -0.365 e. The molecule has 2 nitrogen and oxygen atoms in total. The maximum atomic E-state index is 6.09. The highest BCUT2D eigenvalue weighted by atomic mass is 15.2. The van der Waals surface area contributed by atoms with Gasteiger partial charge in [-0.15, -0.1) is 0 Å². The SMILES string of the molecule is CC(C)(C)N1CC(N)Cc2ccccc21. The number of hydrogen-bond acceptors (Lipinski definition) is 2. The lowest BCUT2D eigenvalue weighted by Gasteiger charge is -2.43. The lowest BCUT2D eigenvalue weighted by Crippen LogP contribution is -2.51. The molecule has 0 fully saturated rings. The zero-order valence-corrected chi connectivity index (χ0v) is 9.83. The number of benzene rings is 1. The second-order valence-corrected chi connectivity index (χ2v) is 5.37. The van der Waals surface area contributed by atoms with Crippen molar-refractivity contribution in [3.8, 4) is 0 Å². The maximum absolute atomic E-state index is 6.09. The molecule has 1 heterocycles. The first-order valence-corrected chi connectivity index (χ1v) is 5.59. The molecule has 1 aliphatic heterocycles. The van der Waals surface area contributed by atoms with Crippen molar-refractivity contribution in [3.63, 3.8) is 0 Å². The van der Waals surface area contributed by atoms with Crippen molar-refractivity contribution in [2.75, 3.05) is 11.4 Å². The third-order valence-electron chi connectivity index (χ3n) is 2.99. The summed E-state index contributed by atoms with van der Waals surface area (Å²) in [5, 5.41) is 0. The van der Waals surface area contributed by atoms with Gasteiger partial charge in [0.15, 0.2) is 0 Å². The molecule has 0 aromatic heterocycles. The van der Waals surface area contributed by atoms with Gasteiger partial charge >= 0.3 is 0 Å². The Hall–Kier alpha value is -1.02. The van der Waals surface area contributed by atoms with Crippen LogP contribution in [-0.4, -0.2) is 18.1 Å². The third-order valence-corrected chi connectivity index (χ3v) is 2.99. The van der Waals surface area contributed by atoms with Crippen LogP contribution < -0.4 is 10.6 Å². The summed E-state index contributed by atoms with van der Waals surface area (Å²) < 4.78 is 0. The number of hydrogen-bond donors (Lipinski definition) is 1. The van der Waals surface area contributed by atoms with E-state index in [1.54, 1.807) is 0 Å². The Morgan fingerprint density at radius 2 is 1.93 bits per heavy atom. The van der Waals surface area contributed by atoms with Crippen molar-refractivity contribution in [1.29, 1.82) is 0 Å². The quantitative estimate of drug-likeness (QED) is 0.702. The molecule has 0 radical (unpaired) electrons. The fraction of sp³-hybridized carbons (Fsp3) is 0.538. The zero-order chi connectivity index (χ0) is 11.1. The van der Waals surface area contributed by atoms with Gasteiger partial charge in [0, 0.05) is 23.8 Å². The van der Waals surface area contributed by atoms with E-state index in [2.05, 4.69) is 49.9 Å². The normalized spacial score (nSPS) is 21.3. The van der Waals surface area contributed by atoms with Crippen LogP contribution >= 0.6 is 0 Å². The molecule has 82 valence electrons. The van der Waals surface area contributed by atoms with Crippen molar-refractivity contribution in [3.05, 3.63) is 29.8 Å². The molecule has 0 spiro atoms. The smallest absolute Gasteiger partial charge is 0.0404 e. The Balaban J connectivity index is 2.43. The molecule has 1 aromatic rings. The fourth-order valence-corrected chi connectivity index (χ4v) is 2.26. The highest BCUT2D eigenvalue weighted by molar-refractivity contribution is 5.57. The van der Waals surface area contributed by atoms with Gasteiger partial charge < -0.3 is 10.6 Å². The van der Waals surface area contributed by atoms with Crippen LogP contribution in [0.4, 0.5) is 5.69 Å².